The normalized spacial score (nSPS) is 21.2. The molecule has 14 heteroatoms. The van der Waals surface area contributed by atoms with Gasteiger partial charge in [-0.05, 0) is 259 Å². The Bertz CT molecular complexity index is 1970. The highest BCUT2D eigenvalue weighted by molar-refractivity contribution is 9.11. The van der Waals surface area contributed by atoms with Crippen LogP contribution in [0.25, 0.3) is 0 Å². The summed E-state index contributed by atoms with van der Waals surface area (Å²) in [5.74, 6) is 0. The third kappa shape index (κ3) is 16.7. The molecule has 2 aromatic rings. The summed E-state index contributed by atoms with van der Waals surface area (Å²) >= 11 is 7.43. The maximum Gasteiger partial charge on any atom is 0.495 e. The second-order valence-electron chi connectivity index (χ2n) is 24.8. The van der Waals surface area contributed by atoms with E-state index in [0.717, 1.165) is 88.0 Å². The molecule has 2 aromatic carbocycles. The molecule has 410 valence electrons. The largest absolute Gasteiger partial charge is 0.495 e. The fraction of sp³-hybridized carbons (Fsp3) is 0.667. The molecule has 6 rings (SSSR count). The molecule has 0 aliphatic carbocycles. The van der Waals surface area contributed by atoms with E-state index in [1.807, 2.05) is 79.7 Å². The first-order valence-electron chi connectivity index (χ1n) is 27.8. The van der Waals surface area contributed by atoms with E-state index in [0.29, 0.717) is 0 Å². The summed E-state index contributed by atoms with van der Waals surface area (Å²) in [6.45, 7) is 48.4. The van der Waals surface area contributed by atoms with Crippen LogP contribution in [-0.2, 0) is 62.9 Å². The molecule has 4 aliphatic rings. The summed E-state index contributed by atoms with van der Waals surface area (Å²) in [7, 11) is -1.72. The van der Waals surface area contributed by atoms with Gasteiger partial charge in [-0.25, -0.2) is 0 Å². The van der Waals surface area contributed by atoms with Crippen LogP contribution in [0, 0.1) is 0 Å². The van der Waals surface area contributed by atoms with Crippen LogP contribution in [0.3, 0.4) is 0 Å². The number of allylic oxidation sites excluding steroid dienone is 4. The molecule has 0 N–H and O–H groups in total. The summed E-state index contributed by atoms with van der Waals surface area (Å²) in [4.78, 5) is 0. The molecule has 8 nitrogen and oxygen atoms in total. The van der Waals surface area contributed by atoms with Crippen LogP contribution in [0.1, 0.15) is 210 Å². The third-order valence-electron chi connectivity index (χ3n) is 16.8. The zero-order valence-corrected chi connectivity index (χ0v) is 52.3. The summed E-state index contributed by atoms with van der Waals surface area (Å²) in [5, 5.41) is 0. The monoisotopic (exact) mass is 1150 g/mol. The van der Waals surface area contributed by atoms with Crippen molar-refractivity contribution in [2.75, 3.05) is 0 Å². The van der Waals surface area contributed by atoms with Gasteiger partial charge in [0.15, 0.2) is 0 Å². The Kier molecular flexibility index (Phi) is 23.6. The zero-order chi connectivity index (χ0) is 55.6. The van der Waals surface area contributed by atoms with Crippen molar-refractivity contribution in [2.24, 2.45) is 0 Å². The van der Waals surface area contributed by atoms with Gasteiger partial charge in [0.2, 0.25) is 0 Å². The van der Waals surface area contributed by atoms with Crippen LogP contribution in [-0.4, -0.2) is 73.1 Å². The lowest BCUT2D eigenvalue weighted by Gasteiger charge is -2.32. The predicted molar refractivity (Wildman–Crippen MR) is 323 cm³/mol. The first kappa shape index (κ1) is 64.8. The van der Waals surface area contributed by atoms with Crippen LogP contribution in [0.15, 0.2) is 83.8 Å². The Morgan fingerprint density at radius 3 is 0.784 bits per heavy atom. The highest BCUT2D eigenvalue weighted by atomic mass is 79.9. The van der Waals surface area contributed by atoms with Crippen molar-refractivity contribution in [3.05, 3.63) is 106 Å². The third-order valence-corrected chi connectivity index (χ3v) is 18.3. The molecule has 74 heavy (non-hydrogen) atoms. The van der Waals surface area contributed by atoms with Gasteiger partial charge in [0.1, 0.15) is 0 Å². The van der Waals surface area contributed by atoms with Crippen molar-refractivity contribution in [2.45, 2.75) is 258 Å². The number of benzene rings is 2. The van der Waals surface area contributed by atoms with Gasteiger partial charge in [-0.15, -0.1) is 26.3 Å². The van der Waals surface area contributed by atoms with Crippen LogP contribution >= 0.6 is 31.9 Å². The summed E-state index contributed by atoms with van der Waals surface area (Å²) in [6.07, 6.45) is 25.7. The van der Waals surface area contributed by atoms with Gasteiger partial charge in [0.25, 0.3) is 0 Å². The second kappa shape index (κ2) is 27.0. The molecule has 0 aromatic heterocycles. The lowest BCUT2D eigenvalue weighted by atomic mass is 9.49. The topological polar surface area (TPSA) is 73.8 Å². The van der Waals surface area contributed by atoms with E-state index in [1.54, 1.807) is 0 Å². The highest BCUT2D eigenvalue weighted by Crippen LogP contribution is 2.44. The number of aryl methyl sites for hydroxylation is 4. The smallest absolute Gasteiger partial charge is 0.405 e. The number of unbranched alkanes of at least 4 members (excludes halogenated alkanes) is 8. The van der Waals surface area contributed by atoms with Crippen LogP contribution in [0.4, 0.5) is 0 Å². The molecule has 0 amide bonds. The van der Waals surface area contributed by atoms with Crippen molar-refractivity contribution >= 4 is 71.0 Å². The minimum absolute atomic E-state index is 0.360. The van der Waals surface area contributed by atoms with Crippen molar-refractivity contribution in [3.63, 3.8) is 0 Å². The maximum absolute atomic E-state index is 6.53. The Balaban J connectivity index is 0.000000263. The average molecular weight is 1150 g/mol. The minimum Gasteiger partial charge on any atom is -0.405 e. The van der Waals surface area contributed by atoms with Crippen LogP contribution in [0.5, 0.6) is 0 Å². The predicted octanol–water partition coefficient (Wildman–Crippen LogP) is 15.3. The van der Waals surface area contributed by atoms with Gasteiger partial charge in [0.05, 0.1) is 44.8 Å². The lowest BCUT2D eigenvalue weighted by molar-refractivity contribution is 0.00578. The Morgan fingerprint density at radius 1 is 0.338 bits per heavy atom. The first-order valence-corrected chi connectivity index (χ1v) is 29.4. The molecule has 4 heterocycles. The van der Waals surface area contributed by atoms with Crippen molar-refractivity contribution in [1.82, 2.24) is 0 Å². The van der Waals surface area contributed by atoms with Gasteiger partial charge in [-0.3, -0.25) is 0 Å². The number of hydrogen-bond acceptors (Lipinski definition) is 8. The molecule has 4 aliphatic heterocycles. The highest BCUT2D eigenvalue weighted by Gasteiger charge is 2.64. The molecular weight excluding hydrogens is 1050 g/mol. The van der Waals surface area contributed by atoms with Crippen LogP contribution < -0.4 is 10.9 Å². The molecule has 0 bridgehead atoms. The van der Waals surface area contributed by atoms with E-state index in [4.69, 9.17) is 37.2 Å². The van der Waals surface area contributed by atoms with Gasteiger partial charge in [-0.2, -0.15) is 0 Å². The van der Waals surface area contributed by atoms with E-state index in [2.05, 4.69) is 138 Å². The van der Waals surface area contributed by atoms with Crippen molar-refractivity contribution in [3.8, 4) is 0 Å². The molecule has 0 spiro atoms. The molecule has 0 saturated carbocycles. The molecule has 0 radical (unpaired) electrons. The van der Waals surface area contributed by atoms with Gasteiger partial charge in [0, 0.05) is 8.95 Å². The Morgan fingerprint density at radius 2 is 0.554 bits per heavy atom. The van der Waals surface area contributed by atoms with Crippen molar-refractivity contribution in [1.29, 1.82) is 0 Å². The minimum atomic E-state index is -0.476. The lowest BCUT2D eigenvalue weighted by Crippen LogP contribution is -2.43. The van der Waals surface area contributed by atoms with Gasteiger partial charge >= 0.3 is 28.3 Å². The summed E-state index contributed by atoms with van der Waals surface area (Å²) in [6, 6.07) is 9.19. The standard InChI is InChI=1S/C30H48B2O4.C18H24Br2.C12H24B2O4/c1-11-13-15-17-19-23-21-26(32-35-29(7,8)30(9,10)36-32)24(20-18-16-14-12-2)22-25(23)31-33-27(3,4)28(5,6)34-31;1-3-5-7-9-11-15-13-18(20)16(14-17(15)19)12-10-8-6-4-2;1-9(2)10(3,4)16-13(15-9)14-17-11(5,6)12(7,8)18-14/h11-12,21-22H,1-2,13-20H2,3-10H3;3-4,13-14H,1-2,5-12H2;1-8H3. The zero-order valence-electron chi connectivity index (χ0n) is 49.1. The molecule has 0 unspecified atom stereocenters. The first-order chi connectivity index (χ1) is 34.3. The fourth-order valence-electron chi connectivity index (χ4n) is 8.97. The quantitative estimate of drug-likeness (QED) is 0.0619. The average Bonchev–Trinajstić information content (AvgIpc) is 3.85. The van der Waals surface area contributed by atoms with E-state index in [9.17, 15) is 0 Å². The van der Waals surface area contributed by atoms with Gasteiger partial charge in [-0.1, -0.05) is 68.3 Å². The second-order valence-corrected chi connectivity index (χ2v) is 26.6. The number of hydrogen-bond donors (Lipinski definition) is 0. The van der Waals surface area contributed by atoms with E-state index in [-0.39, 0.29) is 59.0 Å². The van der Waals surface area contributed by atoms with E-state index >= 15 is 0 Å². The van der Waals surface area contributed by atoms with Gasteiger partial charge < -0.3 is 37.2 Å². The summed E-state index contributed by atoms with van der Waals surface area (Å²) in [5.41, 5.74) is 4.64. The molecule has 4 saturated heterocycles. The maximum atomic E-state index is 6.53. The van der Waals surface area contributed by atoms with Crippen LogP contribution in [0.2, 0.25) is 0 Å². The van der Waals surface area contributed by atoms with E-state index < -0.39 is 14.0 Å². The molecule has 0 atom stereocenters. The Hall–Kier alpha value is -1.70. The summed E-state index contributed by atoms with van der Waals surface area (Å²) < 4.78 is 52.5. The molecule has 4 fully saturated rings. The van der Waals surface area contributed by atoms with Crippen molar-refractivity contribution < 1.29 is 37.2 Å². The number of rotatable bonds is 23. The Labute approximate surface area is 469 Å². The SMILES string of the molecule is C=CCCCCc1cc(B2OC(C)(C)C(C)(C)O2)c(CCCCC=C)cc1B1OC(C)(C)C(C)(C)O1.C=CCCCCc1cc(Br)c(CCCCC=C)cc1Br.CC1(C)OB(B2OC(C)(C)C(C)(C)O2)OC1(C)C. The number of halogens is 2. The fourth-order valence-corrected chi connectivity index (χ4v) is 10.1. The molecular formula is C60H96B4Br2O8. The van der Waals surface area contributed by atoms with E-state index in [1.165, 1.54) is 56.9 Å².